The number of hydrogen-bond acceptors (Lipinski definition) is 4. The van der Waals surface area contributed by atoms with Gasteiger partial charge in [-0.25, -0.2) is 9.98 Å². The molecule has 0 radical (unpaired) electrons. The maximum absolute atomic E-state index is 4.91. The van der Waals surface area contributed by atoms with Crippen LogP contribution in [0.3, 0.4) is 0 Å². The number of guanidine groups is 1. The van der Waals surface area contributed by atoms with Crippen LogP contribution in [-0.2, 0) is 13.6 Å². The molecule has 7 nitrogen and oxygen atoms in total. The lowest BCUT2D eigenvalue weighted by Gasteiger charge is -2.22. The van der Waals surface area contributed by atoms with Gasteiger partial charge in [0.15, 0.2) is 5.96 Å². The second kappa shape index (κ2) is 9.96. The maximum Gasteiger partial charge on any atom is 0.194 e. The summed E-state index contributed by atoms with van der Waals surface area (Å²) in [4.78, 5) is 14.4. The van der Waals surface area contributed by atoms with Gasteiger partial charge in [-0.2, -0.15) is 5.10 Å². The third-order valence-electron chi connectivity index (χ3n) is 6.17. The van der Waals surface area contributed by atoms with Gasteiger partial charge in [-0.3, -0.25) is 4.68 Å². The quantitative estimate of drug-likeness (QED) is 0.607. The van der Waals surface area contributed by atoms with Gasteiger partial charge in [0.25, 0.3) is 0 Å². The lowest BCUT2D eigenvalue weighted by atomic mass is 10.0. The van der Waals surface area contributed by atoms with Gasteiger partial charge < -0.3 is 15.1 Å². The predicted molar refractivity (Wildman–Crippen MR) is 122 cm³/mol. The Morgan fingerprint density at radius 1 is 1.13 bits per heavy atom. The maximum atomic E-state index is 4.91. The lowest BCUT2D eigenvalue weighted by Crippen LogP contribution is -2.40. The van der Waals surface area contributed by atoms with Crippen LogP contribution in [0.5, 0.6) is 0 Å². The van der Waals surface area contributed by atoms with Crippen molar-refractivity contribution in [1.29, 1.82) is 0 Å². The summed E-state index contributed by atoms with van der Waals surface area (Å²) in [5.74, 6) is 2.63. The molecule has 0 saturated carbocycles. The fraction of sp³-hybridized carbons (Fsp3) is 0.609. The van der Waals surface area contributed by atoms with Gasteiger partial charge in [0.1, 0.15) is 5.82 Å². The van der Waals surface area contributed by atoms with E-state index >= 15 is 0 Å². The predicted octanol–water partition coefficient (Wildman–Crippen LogP) is 3.15. The van der Waals surface area contributed by atoms with Crippen molar-refractivity contribution >= 4 is 11.8 Å². The molecule has 2 aliphatic rings. The van der Waals surface area contributed by atoms with Gasteiger partial charge in [0, 0.05) is 58.1 Å². The molecule has 1 N–H and O–H groups in total. The van der Waals surface area contributed by atoms with Crippen molar-refractivity contribution < 1.29 is 0 Å². The normalized spacial score (nSPS) is 20.5. The van der Waals surface area contributed by atoms with Crippen molar-refractivity contribution in [2.24, 2.45) is 12.0 Å². The minimum absolute atomic E-state index is 0.525. The molecular formula is C23H35N7. The molecule has 2 aliphatic heterocycles. The zero-order valence-electron chi connectivity index (χ0n) is 18.4. The van der Waals surface area contributed by atoms with Gasteiger partial charge in [0.05, 0.1) is 12.7 Å². The smallest absolute Gasteiger partial charge is 0.194 e. The Bertz CT molecular complexity index is 818. The number of nitrogens with one attached hydrogen (secondary N) is 1. The first kappa shape index (κ1) is 20.7. The van der Waals surface area contributed by atoms with E-state index in [1.54, 1.807) is 0 Å². The van der Waals surface area contributed by atoms with Crippen LogP contribution in [-0.4, -0.2) is 58.3 Å². The Morgan fingerprint density at radius 3 is 2.63 bits per heavy atom. The van der Waals surface area contributed by atoms with E-state index in [1.165, 1.54) is 31.2 Å². The van der Waals surface area contributed by atoms with E-state index in [0.717, 1.165) is 56.5 Å². The third-order valence-corrected chi connectivity index (χ3v) is 6.17. The van der Waals surface area contributed by atoms with Crippen LogP contribution in [0.25, 0.3) is 0 Å². The van der Waals surface area contributed by atoms with Crippen molar-refractivity contribution in [3.05, 3.63) is 41.9 Å². The number of nitrogens with zero attached hydrogens (tertiary/aromatic N) is 6. The molecule has 7 heteroatoms. The van der Waals surface area contributed by atoms with Crippen LogP contribution in [0.1, 0.15) is 56.1 Å². The number of anilines is 1. The molecule has 0 aromatic carbocycles. The summed E-state index contributed by atoms with van der Waals surface area (Å²) in [6.45, 7) is 7.93. The summed E-state index contributed by atoms with van der Waals surface area (Å²) >= 11 is 0. The van der Waals surface area contributed by atoms with Gasteiger partial charge >= 0.3 is 0 Å². The molecule has 30 heavy (non-hydrogen) atoms. The molecule has 0 bridgehead atoms. The van der Waals surface area contributed by atoms with Gasteiger partial charge in [-0.15, -0.1) is 0 Å². The van der Waals surface area contributed by atoms with Crippen LogP contribution in [0, 0.1) is 0 Å². The largest absolute Gasteiger partial charge is 0.357 e. The molecule has 4 heterocycles. The molecule has 2 aromatic heterocycles. The second-order valence-corrected chi connectivity index (χ2v) is 8.48. The van der Waals surface area contributed by atoms with Crippen LogP contribution >= 0.6 is 0 Å². The summed E-state index contributed by atoms with van der Waals surface area (Å²) in [5.41, 5.74) is 2.48. The number of aliphatic imine (C=N–C) groups is 1. The monoisotopic (exact) mass is 409 g/mol. The molecule has 2 aromatic rings. The van der Waals surface area contributed by atoms with Gasteiger partial charge in [0.2, 0.25) is 0 Å². The molecule has 1 atom stereocenters. The van der Waals surface area contributed by atoms with E-state index in [4.69, 9.17) is 9.98 Å². The Balaban J connectivity index is 1.38. The van der Waals surface area contributed by atoms with Crippen molar-refractivity contribution in [3.8, 4) is 0 Å². The molecule has 0 spiro atoms. The Morgan fingerprint density at radius 2 is 1.97 bits per heavy atom. The third kappa shape index (κ3) is 5.12. The van der Waals surface area contributed by atoms with E-state index in [2.05, 4.69) is 45.5 Å². The van der Waals surface area contributed by atoms with Crippen LogP contribution in [0.2, 0.25) is 0 Å². The summed E-state index contributed by atoms with van der Waals surface area (Å²) in [7, 11) is 1.98. The molecular weight excluding hydrogens is 374 g/mol. The SMILES string of the molecule is CCNC(=NCc1ccc(N2CCCCCC2)nc1)N1CCC(c2cnn(C)c2)C1. The van der Waals surface area contributed by atoms with Crippen molar-refractivity contribution in [3.63, 3.8) is 0 Å². The van der Waals surface area contributed by atoms with Gasteiger partial charge in [-0.1, -0.05) is 18.9 Å². The molecule has 4 rings (SSSR count). The van der Waals surface area contributed by atoms with Crippen molar-refractivity contribution in [2.45, 2.75) is 51.5 Å². The summed E-state index contributed by atoms with van der Waals surface area (Å²) in [6, 6.07) is 4.35. The molecule has 0 amide bonds. The fourth-order valence-electron chi connectivity index (χ4n) is 4.46. The minimum Gasteiger partial charge on any atom is -0.357 e. The first-order chi connectivity index (χ1) is 14.7. The molecule has 2 saturated heterocycles. The number of pyridine rings is 1. The van der Waals surface area contributed by atoms with Crippen LogP contribution in [0.15, 0.2) is 35.7 Å². The highest BCUT2D eigenvalue weighted by atomic mass is 15.3. The van der Waals surface area contributed by atoms with Gasteiger partial charge in [-0.05, 0) is 43.4 Å². The zero-order valence-corrected chi connectivity index (χ0v) is 18.4. The van der Waals surface area contributed by atoms with Crippen LogP contribution in [0.4, 0.5) is 5.82 Å². The van der Waals surface area contributed by atoms with Crippen molar-refractivity contribution in [1.82, 2.24) is 25.0 Å². The number of rotatable bonds is 5. The topological polar surface area (TPSA) is 61.6 Å². The highest BCUT2D eigenvalue weighted by molar-refractivity contribution is 5.80. The van der Waals surface area contributed by atoms with Crippen LogP contribution < -0.4 is 10.2 Å². The molecule has 2 fully saturated rings. The molecule has 0 aliphatic carbocycles. The first-order valence-electron chi connectivity index (χ1n) is 11.4. The second-order valence-electron chi connectivity index (χ2n) is 8.48. The lowest BCUT2D eigenvalue weighted by molar-refractivity contribution is 0.486. The summed E-state index contributed by atoms with van der Waals surface area (Å²) < 4.78 is 1.89. The van der Waals surface area contributed by atoms with E-state index in [-0.39, 0.29) is 0 Å². The summed E-state index contributed by atoms with van der Waals surface area (Å²) in [6.07, 6.45) is 12.5. The molecule has 162 valence electrons. The van der Waals surface area contributed by atoms with E-state index < -0.39 is 0 Å². The number of likely N-dealkylation sites (tertiary alicyclic amines) is 1. The van der Waals surface area contributed by atoms with E-state index in [1.807, 2.05) is 24.1 Å². The average Bonchev–Trinajstić information content (AvgIpc) is 3.33. The Kier molecular flexibility index (Phi) is 6.87. The number of aromatic nitrogens is 3. The fourth-order valence-corrected chi connectivity index (χ4v) is 4.46. The van der Waals surface area contributed by atoms with E-state index in [0.29, 0.717) is 12.5 Å². The molecule has 1 unspecified atom stereocenters. The first-order valence-corrected chi connectivity index (χ1v) is 11.4. The van der Waals surface area contributed by atoms with Crippen molar-refractivity contribution in [2.75, 3.05) is 37.6 Å². The minimum atomic E-state index is 0.525. The number of hydrogen-bond donors (Lipinski definition) is 1. The number of aryl methyl sites for hydroxylation is 1. The zero-order chi connectivity index (χ0) is 20.8. The highest BCUT2D eigenvalue weighted by Gasteiger charge is 2.26. The highest BCUT2D eigenvalue weighted by Crippen LogP contribution is 2.26. The van der Waals surface area contributed by atoms with E-state index in [9.17, 15) is 0 Å². The Labute approximate surface area is 180 Å². The summed E-state index contributed by atoms with van der Waals surface area (Å²) in [5, 5.41) is 7.80. The Hall–Kier alpha value is -2.57. The average molecular weight is 410 g/mol. The standard InChI is InChI=1S/C23H35N7/c1-3-24-23(30-13-10-20(18-30)21-16-27-28(2)17-21)26-15-19-8-9-22(25-14-19)29-11-6-4-5-7-12-29/h8-9,14,16-17,20H,3-7,10-13,15,18H2,1-2H3,(H,24,26).